The van der Waals surface area contributed by atoms with Gasteiger partial charge in [-0.2, -0.15) is 0 Å². The molecule has 0 aliphatic carbocycles. The number of rotatable bonds is 7. The van der Waals surface area contributed by atoms with Crippen LogP contribution in [0.2, 0.25) is 0 Å². The fourth-order valence-electron chi connectivity index (χ4n) is 13.0. The van der Waals surface area contributed by atoms with Crippen LogP contribution in [0.15, 0.2) is 249 Å². The molecule has 3 aliphatic heterocycles. The molecular formula is C70H56BN3Si. The summed E-state index contributed by atoms with van der Waals surface area (Å²) in [4.78, 5) is 7.67. The van der Waals surface area contributed by atoms with Crippen LogP contribution in [0.3, 0.4) is 0 Å². The second kappa shape index (κ2) is 17.2. The SMILES string of the molecule is Cc1ccc(N2c3cc4c(cc3B3c5cc6ccccc6cc5N(c5ccccc5)c5cc(N(c6ccccc6)c6ccc(C(C)(C)C)cc6)cc2c53)[Si](c2ccccc2)(c2ccccc2)c2ccccc2-4)c(C)c1. The first-order valence-corrected chi connectivity index (χ1v) is 28.4. The standard InChI is InChI=1S/C70H56BN3Si/c1-47-34-39-62(48(2)40-47)74-64-45-59-58-32-20-21-33-67(58)75(56-28-14-8-15-29-56,57-30-16-9-17-31-57)68(59)46-61(64)71-60-41-49-22-18-19-23-50(49)42-63(60)73(53-26-12-7-13-27-53)65-43-55(44-66(74)69(65)71)72(52-24-10-6-11-25-52)54-37-35-51(36-38-54)70(3,4)5/h6-46H,1-5H3. The summed E-state index contributed by atoms with van der Waals surface area (Å²) in [5.74, 6) is 0. The minimum Gasteiger partial charge on any atom is -0.311 e. The third-order valence-electron chi connectivity index (χ3n) is 16.4. The molecule has 0 N–H and O–H groups in total. The number of hydrogen-bond donors (Lipinski definition) is 0. The molecule has 0 radical (unpaired) electrons. The van der Waals surface area contributed by atoms with Crippen LogP contribution < -0.4 is 51.8 Å². The summed E-state index contributed by atoms with van der Waals surface area (Å²) in [7, 11) is -2.89. The van der Waals surface area contributed by atoms with Gasteiger partial charge in [0.1, 0.15) is 0 Å². The van der Waals surface area contributed by atoms with Crippen molar-refractivity contribution in [2.45, 2.75) is 40.0 Å². The van der Waals surface area contributed by atoms with E-state index in [1.807, 2.05) is 0 Å². The summed E-state index contributed by atoms with van der Waals surface area (Å²) in [6.07, 6.45) is 0. The molecule has 3 nitrogen and oxygen atoms in total. The van der Waals surface area contributed by atoms with Crippen molar-refractivity contribution >= 4 is 114 Å². The molecule has 358 valence electrons. The Morgan fingerprint density at radius 1 is 0.400 bits per heavy atom. The van der Waals surface area contributed by atoms with E-state index in [0.717, 1.165) is 22.7 Å². The smallest absolute Gasteiger partial charge is 0.252 e. The number of para-hydroxylation sites is 2. The molecule has 0 saturated carbocycles. The molecule has 0 amide bonds. The van der Waals surface area contributed by atoms with Gasteiger partial charge in [0, 0.05) is 45.5 Å². The van der Waals surface area contributed by atoms with Gasteiger partial charge >= 0.3 is 0 Å². The van der Waals surface area contributed by atoms with E-state index < -0.39 is 8.07 Å². The van der Waals surface area contributed by atoms with Crippen molar-refractivity contribution in [3.8, 4) is 11.1 Å². The number of nitrogens with zero attached hydrogens (tertiary/aromatic N) is 3. The molecule has 11 aromatic rings. The quantitative estimate of drug-likeness (QED) is 0.147. The van der Waals surface area contributed by atoms with Gasteiger partial charge in [0.05, 0.1) is 5.69 Å². The van der Waals surface area contributed by atoms with Crippen LogP contribution in [0.5, 0.6) is 0 Å². The van der Waals surface area contributed by atoms with E-state index in [1.165, 1.54) is 104 Å². The van der Waals surface area contributed by atoms with Crippen molar-refractivity contribution in [1.29, 1.82) is 0 Å². The van der Waals surface area contributed by atoms with Crippen molar-refractivity contribution in [2.75, 3.05) is 14.7 Å². The molecule has 5 heteroatoms. The predicted molar refractivity (Wildman–Crippen MR) is 323 cm³/mol. The van der Waals surface area contributed by atoms with E-state index in [9.17, 15) is 0 Å². The van der Waals surface area contributed by atoms with Crippen LogP contribution >= 0.6 is 0 Å². The Hall–Kier alpha value is -8.64. The average molecular weight is 978 g/mol. The van der Waals surface area contributed by atoms with Crippen molar-refractivity contribution in [1.82, 2.24) is 0 Å². The zero-order valence-electron chi connectivity index (χ0n) is 43.1. The van der Waals surface area contributed by atoms with Gasteiger partial charge in [-0.1, -0.05) is 208 Å². The largest absolute Gasteiger partial charge is 0.311 e. The highest BCUT2D eigenvalue weighted by molar-refractivity contribution is 7.22. The van der Waals surface area contributed by atoms with Crippen LogP contribution in [0.4, 0.5) is 51.2 Å². The first kappa shape index (κ1) is 45.0. The Morgan fingerprint density at radius 2 is 0.947 bits per heavy atom. The predicted octanol–water partition coefficient (Wildman–Crippen LogP) is 13.7. The van der Waals surface area contributed by atoms with Gasteiger partial charge in [-0.3, -0.25) is 0 Å². The summed E-state index contributed by atoms with van der Waals surface area (Å²) in [5.41, 5.74) is 20.8. The zero-order valence-corrected chi connectivity index (χ0v) is 44.1. The van der Waals surface area contributed by atoms with Crippen molar-refractivity contribution in [2.24, 2.45) is 0 Å². The fraction of sp³-hybridized carbons (Fsp3) is 0.0857. The molecule has 0 fully saturated rings. The summed E-state index contributed by atoms with van der Waals surface area (Å²) >= 11 is 0. The Morgan fingerprint density at radius 3 is 1.60 bits per heavy atom. The lowest BCUT2D eigenvalue weighted by Gasteiger charge is -2.46. The van der Waals surface area contributed by atoms with Crippen LogP contribution in [0.1, 0.15) is 37.5 Å². The van der Waals surface area contributed by atoms with Gasteiger partial charge in [0.2, 0.25) is 0 Å². The maximum Gasteiger partial charge on any atom is 0.252 e. The van der Waals surface area contributed by atoms with Gasteiger partial charge in [0.15, 0.2) is 8.07 Å². The van der Waals surface area contributed by atoms with E-state index in [-0.39, 0.29) is 12.1 Å². The summed E-state index contributed by atoms with van der Waals surface area (Å²) in [5, 5.41) is 8.15. The van der Waals surface area contributed by atoms with Crippen molar-refractivity contribution < 1.29 is 0 Å². The van der Waals surface area contributed by atoms with Crippen molar-refractivity contribution in [3.63, 3.8) is 0 Å². The molecule has 0 spiro atoms. The molecule has 3 aliphatic rings. The molecular weight excluding hydrogens is 922 g/mol. The minimum atomic E-state index is -2.89. The van der Waals surface area contributed by atoms with Gasteiger partial charge in [-0.05, 0) is 156 Å². The third kappa shape index (κ3) is 6.95. The molecule has 3 heterocycles. The summed E-state index contributed by atoms with van der Waals surface area (Å²) in [6.45, 7) is 11.3. The van der Waals surface area contributed by atoms with E-state index >= 15 is 0 Å². The molecule has 14 rings (SSSR count). The van der Waals surface area contributed by atoms with E-state index in [1.54, 1.807) is 0 Å². The lowest BCUT2D eigenvalue weighted by molar-refractivity contribution is 0.590. The number of aryl methyl sites for hydroxylation is 2. The second-order valence-corrected chi connectivity index (χ2v) is 25.6. The van der Waals surface area contributed by atoms with Crippen LogP contribution in [-0.2, 0) is 5.41 Å². The lowest BCUT2D eigenvalue weighted by Crippen LogP contribution is -2.73. The van der Waals surface area contributed by atoms with E-state index in [4.69, 9.17) is 0 Å². The van der Waals surface area contributed by atoms with Gasteiger partial charge in [-0.25, -0.2) is 0 Å². The first-order chi connectivity index (χ1) is 36.7. The van der Waals surface area contributed by atoms with Crippen molar-refractivity contribution in [3.05, 3.63) is 265 Å². The van der Waals surface area contributed by atoms with E-state index in [2.05, 4.69) is 298 Å². The summed E-state index contributed by atoms with van der Waals surface area (Å²) < 4.78 is 0. The Kier molecular flexibility index (Phi) is 10.3. The highest BCUT2D eigenvalue weighted by atomic mass is 28.3. The average Bonchev–Trinajstić information content (AvgIpc) is 3.96. The first-order valence-electron chi connectivity index (χ1n) is 26.4. The number of anilines is 9. The Labute approximate surface area is 442 Å². The molecule has 11 aromatic carbocycles. The van der Waals surface area contributed by atoms with E-state index in [0.29, 0.717) is 0 Å². The number of hydrogen-bond acceptors (Lipinski definition) is 3. The molecule has 0 saturated heterocycles. The molecule has 0 aromatic heterocycles. The van der Waals surface area contributed by atoms with Crippen LogP contribution in [0.25, 0.3) is 21.9 Å². The van der Waals surface area contributed by atoms with Gasteiger partial charge < -0.3 is 14.7 Å². The zero-order chi connectivity index (χ0) is 50.6. The Bertz CT molecular complexity index is 3980. The molecule has 0 bridgehead atoms. The van der Waals surface area contributed by atoms with Crippen LogP contribution in [0, 0.1) is 13.8 Å². The second-order valence-electron chi connectivity index (χ2n) is 21.8. The van der Waals surface area contributed by atoms with Crippen LogP contribution in [-0.4, -0.2) is 14.8 Å². The lowest BCUT2D eigenvalue weighted by atomic mass is 9.33. The molecule has 0 unspecified atom stereocenters. The number of fused-ring (bicyclic) bond motifs is 8. The maximum atomic E-state index is 2.70. The minimum absolute atomic E-state index is 0.0136. The summed E-state index contributed by atoms with van der Waals surface area (Å²) in [6, 6.07) is 94.6. The molecule has 0 atom stereocenters. The fourth-order valence-corrected chi connectivity index (χ4v) is 18.2. The molecule has 75 heavy (non-hydrogen) atoms. The number of benzene rings is 11. The van der Waals surface area contributed by atoms with Gasteiger partial charge in [-0.15, -0.1) is 0 Å². The maximum absolute atomic E-state index is 2.89. The highest BCUT2D eigenvalue weighted by Gasteiger charge is 2.52. The third-order valence-corrected chi connectivity index (χ3v) is 21.2. The van der Waals surface area contributed by atoms with Gasteiger partial charge in [0.25, 0.3) is 6.71 Å². The highest BCUT2D eigenvalue weighted by Crippen LogP contribution is 2.50. The normalized spacial score (nSPS) is 13.7. The Balaban J connectivity index is 1.15. The topological polar surface area (TPSA) is 9.72 Å². The monoisotopic (exact) mass is 977 g/mol.